The first-order valence-corrected chi connectivity index (χ1v) is 7.71. The molecule has 0 aliphatic heterocycles. The minimum Gasteiger partial charge on any atom is -0.493 e. The maximum absolute atomic E-state index is 12.2. The van der Waals surface area contributed by atoms with Crippen molar-refractivity contribution in [2.45, 2.75) is 33.0 Å². The summed E-state index contributed by atoms with van der Waals surface area (Å²) in [6.07, 6.45) is -2.32. The molecule has 0 radical (unpaired) electrons. The number of carbonyl (C=O) groups excluding carboxylic acids is 3. The number of rotatable bonds is 6. The number of benzene rings is 1. The van der Waals surface area contributed by atoms with Crippen molar-refractivity contribution in [3.63, 3.8) is 0 Å². The first-order chi connectivity index (χ1) is 11.7. The molecule has 1 N–H and O–H groups in total. The molecular formula is C16H20ClNO7. The minimum atomic E-state index is -1.22. The summed E-state index contributed by atoms with van der Waals surface area (Å²) in [6.45, 7) is 4.95. The van der Waals surface area contributed by atoms with Gasteiger partial charge in [0, 0.05) is 0 Å². The largest absolute Gasteiger partial charge is 0.493 e. The molecule has 2 amide bonds. The van der Waals surface area contributed by atoms with Gasteiger partial charge in [0.1, 0.15) is 0 Å². The third-order valence-corrected chi connectivity index (χ3v) is 3.16. The van der Waals surface area contributed by atoms with E-state index in [9.17, 15) is 14.4 Å². The summed E-state index contributed by atoms with van der Waals surface area (Å²) in [5.74, 6) is -1.09. The van der Waals surface area contributed by atoms with Gasteiger partial charge in [0.05, 0.1) is 30.9 Å². The van der Waals surface area contributed by atoms with E-state index < -0.39 is 24.1 Å². The van der Waals surface area contributed by atoms with Crippen LogP contribution in [0.2, 0.25) is 5.02 Å². The zero-order chi connectivity index (χ0) is 19.1. The van der Waals surface area contributed by atoms with E-state index in [1.54, 1.807) is 0 Å². The van der Waals surface area contributed by atoms with E-state index in [1.165, 1.54) is 26.2 Å². The van der Waals surface area contributed by atoms with E-state index in [0.717, 1.165) is 7.11 Å². The average molecular weight is 374 g/mol. The standard InChI is InChI=1S/C16H20ClNO7/c1-8(2)24-13-11(17)6-10(7-12(13)22-4)15(20)25-9(3)14(19)18-16(21)23-5/h6-9H,1-5H3,(H,18,19,21)/t9-/m0/s1. The van der Waals surface area contributed by atoms with E-state index in [0.29, 0.717) is 5.75 Å². The quantitative estimate of drug-likeness (QED) is 0.765. The van der Waals surface area contributed by atoms with Gasteiger partial charge in [-0.05, 0) is 32.9 Å². The lowest BCUT2D eigenvalue weighted by atomic mass is 10.2. The van der Waals surface area contributed by atoms with Gasteiger partial charge in [0.25, 0.3) is 5.91 Å². The predicted octanol–water partition coefficient (Wildman–Crippen LogP) is 2.56. The summed E-state index contributed by atoms with van der Waals surface area (Å²) in [6, 6.07) is 2.73. The fourth-order valence-electron chi connectivity index (χ4n) is 1.72. The number of amides is 2. The van der Waals surface area contributed by atoms with Crippen molar-refractivity contribution in [3.8, 4) is 11.5 Å². The molecule has 1 aromatic rings. The monoisotopic (exact) mass is 373 g/mol. The highest BCUT2D eigenvalue weighted by Crippen LogP contribution is 2.37. The number of esters is 1. The zero-order valence-corrected chi connectivity index (χ0v) is 15.3. The topological polar surface area (TPSA) is 100 Å². The number of methoxy groups -OCH3 is 2. The van der Waals surface area contributed by atoms with Crippen molar-refractivity contribution in [3.05, 3.63) is 22.7 Å². The van der Waals surface area contributed by atoms with Crippen LogP contribution < -0.4 is 14.8 Å². The highest BCUT2D eigenvalue weighted by atomic mass is 35.5. The zero-order valence-electron chi connectivity index (χ0n) is 14.5. The SMILES string of the molecule is COC(=O)NC(=O)[C@H](C)OC(=O)c1cc(Cl)c(OC(C)C)c(OC)c1. The maximum Gasteiger partial charge on any atom is 0.413 e. The third-order valence-electron chi connectivity index (χ3n) is 2.88. The van der Waals surface area contributed by atoms with Crippen molar-refractivity contribution in [2.75, 3.05) is 14.2 Å². The lowest BCUT2D eigenvalue weighted by Gasteiger charge is -2.17. The average Bonchev–Trinajstić information content (AvgIpc) is 2.55. The third kappa shape index (κ3) is 5.82. The van der Waals surface area contributed by atoms with Crippen molar-refractivity contribution in [1.29, 1.82) is 0 Å². The van der Waals surface area contributed by atoms with Crippen LogP contribution in [-0.2, 0) is 14.3 Å². The highest BCUT2D eigenvalue weighted by molar-refractivity contribution is 6.32. The number of carbonyl (C=O) groups is 3. The van der Waals surface area contributed by atoms with Gasteiger partial charge in [0.15, 0.2) is 17.6 Å². The molecule has 0 heterocycles. The van der Waals surface area contributed by atoms with E-state index in [-0.39, 0.29) is 22.4 Å². The molecule has 0 saturated carbocycles. The molecule has 138 valence electrons. The van der Waals surface area contributed by atoms with Crippen LogP contribution in [0, 0.1) is 0 Å². The van der Waals surface area contributed by atoms with Crippen LogP contribution in [0.5, 0.6) is 11.5 Å². The molecule has 0 aromatic heterocycles. The fraction of sp³-hybridized carbons (Fsp3) is 0.438. The highest BCUT2D eigenvalue weighted by Gasteiger charge is 2.23. The van der Waals surface area contributed by atoms with E-state index >= 15 is 0 Å². The Labute approximate surface area is 150 Å². The minimum absolute atomic E-state index is 0.0654. The van der Waals surface area contributed by atoms with Gasteiger partial charge < -0.3 is 18.9 Å². The number of hydrogen-bond acceptors (Lipinski definition) is 7. The van der Waals surface area contributed by atoms with Gasteiger partial charge in [-0.2, -0.15) is 0 Å². The summed E-state index contributed by atoms with van der Waals surface area (Å²) < 4.78 is 20.0. The Morgan fingerprint density at radius 2 is 1.76 bits per heavy atom. The summed E-state index contributed by atoms with van der Waals surface area (Å²) in [5, 5.41) is 2.06. The lowest BCUT2D eigenvalue weighted by Crippen LogP contribution is -2.39. The molecule has 0 unspecified atom stereocenters. The van der Waals surface area contributed by atoms with Crippen LogP contribution in [0.3, 0.4) is 0 Å². The summed E-state index contributed by atoms with van der Waals surface area (Å²) >= 11 is 6.13. The second kappa shape index (κ2) is 9.12. The molecule has 0 aliphatic carbocycles. The van der Waals surface area contributed by atoms with Gasteiger partial charge in [-0.1, -0.05) is 11.6 Å². The second-order valence-electron chi connectivity index (χ2n) is 5.18. The Balaban J connectivity index is 2.93. The Hall–Kier alpha value is -2.48. The molecule has 0 spiro atoms. The van der Waals surface area contributed by atoms with Gasteiger partial charge in [-0.15, -0.1) is 0 Å². The van der Waals surface area contributed by atoms with Gasteiger partial charge in [-0.25, -0.2) is 9.59 Å². The van der Waals surface area contributed by atoms with Gasteiger partial charge in [-0.3, -0.25) is 10.1 Å². The summed E-state index contributed by atoms with van der Waals surface area (Å²) in [7, 11) is 2.51. The molecule has 1 atom stereocenters. The lowest BCUT2D eigenvalue weighted by molar-refractivity contribution is -0.128. The number of ether oxygens (including phenoxy) is 4. The molecule has 0 aliphatic rings. The smallest absolute Gasteiger partial charge is 0.413 e. The van der Waals surface area contributed by atoms with Crippen LogP contribution in [0.25, 0.3) is 0 Å². The molecule has 0 fully saturated rings. The Morgan fingerprint density at radius 1 is 1.12 bits per heavy atom. The molecule has 25 heavy (non-hydrogen) atoms. The normalized spacial score (nSPS) is 11.5. The number of halogens is 1. The van der Waals surface area contributed by atoms with Crippen molar-refractivity contribution < 1.29 is 33.3 Å². The van der Waals surface area contributed by atoms with E-state index in [1.807, 2.05) is 19.2 Å². The Morgan fingerprint density at radius 3 is 2.28 bits per heavy atom. The summed E-state index contributed by atoms with van der Waals surface area (Å²) in [5.41, 5.74) is 0.0654. The Bertz CT molecular complexity index is 660. The number of nitrogens with one attached hydrogen (secondary N) is 1. The van der Waals surface area contributed by atoms with Crippen LogP contribution >= 0.6 is 11.6 Å². The van der Waals surface area contributed by atoms with Crippen molar-refractivity contribution in [1.82, 2.24) is 5.32 Å². The number of alkyl carbamates (subject to hydrolysis) is 1. The molecule has 9 heteroatoms. The van der Waals surface area contributed by atoms with Crippen molar-refractivity contribution in [2.24, 2.45) is 0 Å². The molecular weight excluding hydrogens is 354 g/mol. The number of hydrogen-bond donors (Lipinski definition) is 1. The van der Waals surface area contributed by atoms with Crippen molar-refractivity contribution >= 4 is 29.6 Å². The predicted molar refractivity (Wildman–Crippen MR) is 89.2 cm³/mol. The van der Waals surface area contributed by atoms with Crippen LogP contribution in [0.15, 0.2) is 12.1 Å². The first-order valence-electron chi connectivity index (χ1n) is 7.33. The maximum atomic E-state index is 12.2. The molecule has 0 saturated heterocycles. The van der Waals surface area contributed by atoms with Gasteiger partial charge >= 0.3 is 12.1 Å². The van der Waals surface area contributed by atoms with E-state index in [4.69, 9.17) is 25.8 Å². The molecule has 1 rings (SSSR count). The molecule has 0 bridgehead atoms. The van der Waals surface area contributed by atoms with Crippen LogP contribution in [0.4, 0.5) is 4.79 Å². The van der Waals surface area contributed by atoms with Crippen LogP contribution in [-0.4, -0.2) is 44.4 Å². The van der Waals surface area contributed by atoms with E-state index in [2.05, 4.69) is 4.74 Å². The second-order valence-corrected chi connectivity index (χ2v) is 5.59. The first kappa shape index (κ1) is 20.6. The fourth-order valence-corrected chi connectivity index (χ4v) is 1.98. The number of imide groups is 1. The van der Waals surface area contributed by atoms with Gasteiger partial charge in [0.2, 0.25) is 0 Å². The molecule has 8 nitrogen and oxygen atoms in total. The Kier molecular flexibility index (Phi) is 7.50. The summed E-state index contributed by atoms with van der Waals surface area (Å²) in [4.78, 5) is 34.9. The van der Waals surface area contributed by atoms with Crippen LogP contribution in [0.1, 0.15) is 31.1 Å². The molecule has 1 aromatic carbocycles.